The van der Waals surface area contributed by atoms with E-state index in [2.05, 4.69) is 15.5 Å². The summed E-state index contributed by atoms with van der Waals surface area (Å²) in [7, 11) is 0. The first-order chi connectivity index (χ1) is 16.4. The first-order valence-electron chi connectivity index (χ1n) is 10.2. The molecule has 1 aromatic heterocycles. The molecular weight excluding hydrogens is 474 g/mol. The van der Waals surface area contributed by atoms with Crippen LogP contribution in [-0.2, 0) is 4.79 Å². The van der Waals surface area contributed by atoms with Gasteiger partial charge in [-0.1, -0.05) is 84.0 Å². The smallest absolute Gasteiger partial charge is 0.271 e. The molecule has 1 unspecified atom stereocenters. The van der Waals surface area contributed by atoms with Gasteiger partial charge in [-0.25, -0.2) is 4.98 Å². The lowest BCUT2D eigenvalue weighted by molar-refractivity contribution is -0.384. The molecule has 4 aromatic rings. The van der Waals surface area contributed by atoms with E-state index < -0.39 is 10.2 Å². The van der Waals surface area contributed by atoms with E-state index in [9.17, 15) is 14.9 Å². The van der Waals surface area contributed by atoms with Crippen LogP contribution in [0.2, 0.25) is 5.02 Å². The first-order valence-corrected chi connectivity index (χ1v) is 11.4. The number of carbonyl (C=O) groups is 1. The number of nitro groups is 1. The molecule has 1 heterocycles. The maximum atomic E-state index is 12.7. The van der Waals surface area contributed by atoms with Gasteiger partial charge in [0.05, 0.1) is 20.9 Å². The fourth-order valence-electron chi connectivity index (χ4n) is 3.11. The lowest BCUT2D eigenvalue weighted by Gasteiger charge is -2.13. The predicted octanol–water partition coefficient (Wildman–Crippen LogP) is 5.89. The molecule has 0 saturated heterocycles. The van der Waals surface area contributed by atoms with Crippen molar-refractivity contribution >= 4 is 40.6 Å². The highest BCUT2D eigenvalue weighted by Crippen LogP contribution is 2.31. The first kappa shape index (κ1) is 23.3. The number of carbonyl (C=O) groups excluding carboxylic acids is 1. The third-order valence-electron chi connectivity index (χ3n) is 4.83. The number of hydrogen-bond donors (Lipinski definition) is 1. The van der Waals surface area contributed by atoms with E-state index in [1.165, 1.54) is 18.2 Å². The van der Waals surface area contributed by atoms with E-state index in [0.717, 1.165) is 22.9 Å². The minimum atomic E-state index is -0.584. The molecule has 10 heteroatoms. The van der Waals surface area contributed by atoms with Gasteiger partial charge in [0.15, 0.2) is 0 Å². The molecule has 3 aromatic carbocycles. The molecule has 34 heavy (non-hydrogen) atoms. The molecule has 0 aliphatic rings. The van der Waals surface area contributed by atoms with Crippen molar-refractivity contribution in [2.75, 3.05) is 5.32 Å². The normalized spacial score (nSPS) is 11.6. The van der Waals surface area contributed by atoms with Gasteiger partial charge < -0.3 is 5.32 Å². The third-order valence-corrected chi connectivity index (χ3v) is 6.10. The van der Waals surface area contributed by atoms with Gasteiger partial charge in [0.1, 0.15) is 11.4 Å². The van der Waals surface area contributed by atoms with Crippen LogP contribution in [0.5, 0.6) is 0 Å². The van der Waals surface area contributed by atoms with Gasteiger partial charge in [-0.3, -0.25) is 14.9 Å². The van der Waals surface area contributed by atoms with E-state index in [-0.39, 0.29) is 22.3 Å². The van der Waals surface area contributed by atoms with Crippen LogP contribution in [0.3, 0.4) is 0 Å². The average Bonchev–Trinajstić information content (AvgIpc) is 2.86. The number of halogens is 1. The standard InChI is InChI=1S/C24H18ClN5O3S/c1-15(23(31)26-20-13-12-18(30(32)33)14-19(20)25)34-24-27-21(16-8-4-2-5-9-16)22(28-29-24)17-10-6-3-7-11-17/h2-15H,1H3,(H,26,31). The Labute approximate surface area is 204 Å². The second-order valence-electron chi connectivity index (χ2n) is 7.19. The number of non-ortho nitro benzene ring substituents is 1. The van der Waals surface area contributed by atoms with Crippen LogP contribution in [0.4, 0.5) is 11.4 Å². The zero-order valence-electron chi connectivity index (χ0n) is 17.9. The highest BCUT2D eigenvalue weighted by Gasteiger charge is 2.20. The van der Waals surface area contributed by atoms with Crippen LogP contribution in [0.1, 0.15) is 6.92 Å². The van der Waals surface area contributed by atoms with Crippen molar-refractivity contribution in [3.8, 4) is 22.5 Å². The maximum Gasteiger partial charge on any atom is 0.271 e. The molecule has 1 amide bonds. The topological polar surface area (TPSA) is 111 Å². The Balaban J connectivity index is 1.56. The molecule has 0 aliphatic heterocycles. The van der Waals surface area contributed by atoms with Gasteiger partial charge in [0.2, 0.25) is 11.1 Å². The Hall–Kier alpha value is -3.82. The lowest BCUT2D eigenvalue weighted by Crippen LogP contribution is -2.23. The number of anilines is 1. The van der Waals surface area contributed by atoms with Crippen molar-refractivity contribution in [1.82, 2.24) is 15.2 Å². The van der Waals surface area contributed by atoms with Gasteiger partial charge in [0, 0.05) is 23.3 Å². The summed E-state index contributed by atoms with van der Waals surface area (Å²) in [5, 5.41) is 22.1. The van der Waals surface area contributed by atoms with E-state index in [1.54, 1.807) is 6.92 Å². The molecule has 0 fully saturated rings. The van der Waals surface area contributed by atoms with Crippen LogP contribution in [0.25, 0.3) is 22.5 Å². The summed E-state index contributed by atoms with van der Waals surface area (Å²) in [5.74, 6) is -0.349. The SMILES string of the molecule is CC(Sc1nnc(-c2ccccc2)c(-c2ccccc2)n1)C(=O)Nc1ccc([N+](=O)[O-])cc1Cl. The Bertz CT molecular complexity index is 1340. The lowest BCUT2D eigenvalue weighted by atomic mass is 10.0. The monoisotopic (exact) mass is 491 g/mol. The van der Waals surface area contributed by atoms with Crippen molar-refractivity contribution in [1.29, 1.82) is 0 Å². The molecule has 0 aliphatic carbocycles. The zero-order chi connectivity index (χ0) is 24.1. The van der Waals surface area contributed by atoms with Crippen molar-refractivity contribution in [2.24, 2.45) is 0 Å². The van der Waals surface area contributed by atoms with E-state index in [1.807, 2.05) is 60.7 Å². The molecule has 1 atom stereocenters. The number of hydrogen-bond acceptors (Lipinski definition) is 7. The van der Waals surface area contributed by atoms with Crippen LogP contribution in [0, 0.1) is 10.1 Å². The van der Waals surface area contributed by atoms with E-state index >= 15 is 0 Å². The van der Waals surface area contributed by atoms with Crippen molar-refractivity contribution in [3.63, 3.8) is 0 Å². The Morgan fingerprint density at radius 1 is 0.971 bits per heavy atom. The van der Waals surface area contributed by atoms with Gasteiger partial charge in [-0.05, 0) is 13.0 Å². The van der Waals surface area contributed by atoms with Gasteiger partial charge >= 0.3 is 0 Å². The second-order valence-corrected chi connectivity index (χ2v) is 8.91. The Morgan fingerprint density at radius 2 is 1.59 bits per heavy atom. The minimum absolute atomic E-state index is 0.0799. The summed E-state index contributed by atoms with van der Waals surface area (Å²) in [4.78, 5) is 27.8. The van der Waals surface area contributed by atoms with Crippen LogP contribution in [-0.4, -0.2) is 31.3 Å². The molecule has 170 valence electrons. The Morgan fingerprint density at radius 3 is 2.18 bits per heavy atom. The summed E-state index contributed by atoms with van der Waals surface area (Å²) < 4.78 is 0. The molecule has 1 N–H and O–H groups in total. The number of amides is 1. The number of aromatic nitrogens is 3. The van der Waals surface area contributed by atoms with Crippen molar-refractivity contribution < 1.29 is 9.72 Å². The number of nitrogens with zero attached hydrogens (tertiary/aromatic N) is 4. The average molecular weight is 492 g/mol. The molecule has 8 nitrogen and oxygen atoms in total. The molecule has 4 rings (SSSR count). The highest BCUT2D eigenvalue weighted by atomic mass is 35.5. The summed E-state index contributed by atoms with van der Waals surface area (Å²) in [5.41, 5.74) is 3.20. The summed E-state index contributed by atoms with van der Waals surface area (Å²) >= 11 is 7.24. The van der Waals surface area contributed by atoms with Crippen molar-refractivity contribution in [2.45, 2.75) is 17.3 Å². The number of rotatable bonds is 7. The number of nitro benzene ring substituents is 1. The fraction of sp³-hybridized carbons (Fsp3) is 0.0833. The molecular formula is C24H18ClN5O3S. The number of thioether (sulfide) groups is 1. The molecule has 0 saturated carbocycles. The fourth-order valence-corrected chi connectivity index (χ4v) is 4.05. The van der Waals surface area contributed by atoms with Gasteiger partial charge in [0.25, 0.3) is 5.69 Å². The number of nitrogens with one attached hydrogen (secondary N) is 1. The van der Waals surface area contributed by atoms with Crippen LogP contribution >= 0.6 is 23.4 Å². The Kier molecular flexibility index (Phi) is 7.15. The highest BCUT2D eigenvalue weighted by molar-refractivity contribution is 8.00. The number of benzene rings is 3. The van der Waals surface area contributed by atoms with Crippen LogP contribution < -0.4 is 5.32 Å². The summed E-state index contributed by atoms with van der Waals surface area (Å²) in [6.07, 6.45) is 0. The van der Waals surface area contributed by atoms with Crippen LogP contribution in [0.15, 0.2) is 84.0 Å². The minimum Gasteiger partial charge on any atom is -0.324 e. The zero-order valence-corrected chi connectivity index (χ0v) is 19.5. The molecule has 0 spiro atoms. The predicted molar refractivity (Wildman–Crippen MR) is 133 cm³/mol. The van der Waals surface area contributed by atoms with Gasteiger partial charge in [-0.15, -0.1) is 10.2 Å². The molecule has 0 bridgehead atoms. The largest absolute Gasteiger partial charge is 0.324 e. The third kappa shape index (κ3) is 5.38. The second kappa shape index (κ2) is 10.4. The summed E-state index contributed by atoms with van der Waals surface area (Å²) in [6, 6.07) is 23.2. The summed E-state index contributed by atoms with van der Waals surface area (Å²) in [6.45, 7) is 1.70. The van der Waals surface area contributed by atoms with Crippen molar-refractivity contribution in [3.05, 3.63) is 94.0 Å². The van der Waals surface area contributed by atoms with E-state index in [0.29, 0.717) is 16.5 Å². The van der Waals surface area contributed by atoms with E-state index in [4.69, 9.17) is 16.6 Å². The maximum absolute atomic E-state index is 12.7. The molecule has 0 radical (unpaired) electrons. The van der Waals surface area contributed by atoms with Gasteiger partial charge in [-0.2, -0.15) is 0 Å². The quantitative estimate of drug-likeness (QED) is 0.195.